The molecule has 0 N–H and O–H groups in total. The van der Waals surface area contributed by atoms with Crippen molar-refractivity contribution in [1.29, 1.82) is 0 Å². The van der Waals surface area contributed by atoms with Crippen molar-refractivity contribution in [2.45, 2.75) is 31.7 Å². The quantitative estimate of drug-likeness (QED) is 0.633. The molecule has 1 aliphatic heterocycles. The Morgan fingerprint density at radius 3 is 2.50 bits per heavy atom. The molecule has 12 heavy (non-hydrogen) atoms. The summed E-state index contributed by atoms with van der Waals surface area (Å²) >= 11 is 0. The van der Waals surface area contributed by atoms with E-state index in [0.29, 0.717) is 12.6 Å². The normalized spacial score (nSPS) is 24.0. The van der Waals surface area contributed by atoms with Crippen LogP contribution >= 0.6 is 12.4 Å². The van der Waals surface area contributed by atoms with E-state index in [1.165, 1.54) is 25.7 Å². The zero-order valence-corrected chi connectivity index (χ0v) is 7.81. The van der Waals surface area contributed by atoms with E-state index in [1.54, 1.807) is 0 Å². The van der Waals surface area contributed by atoms with Crippen molar-refractivity contribution >= 4 is 18.5 Å². The second kappa shape index (κ2) is 3.99. The molecule has 0 bridgehead atoms. The van der Waals surface area contributed by atoms with Crippen molar-refractivity contribution in [2.75, 3.05) is 13.2 Å². The van der Waals surface area contributed by atoms with Crippen molar-refractivity contribution in [2.24, 2.45) is 0 Å². The molecule has 0 aromatic carbocycles. The van der Waals surface area contributed by atoms with Gasteiger partial charge in [-0.25, -0.2) is 4.79 Å². The Balaban J connectivity index is 0.000000720. The summed E-state index contributed by atoms with van der Waals surface area (Å²) in [4.78, 5) is 12.9. The second-order valence-electron chi connectivity index (χ2n) is 3.25. The number of nitrogens with zero attached hydrogens (tertiary/aromatic N) is 1. The molecule has 0 aromatic heterocycles. The van der Waals surface area contributed by atoms with Crippen molar-refractivity contribution in [1.82, 2.24) is 4.90 Å². The molecular weight excluding hydrogens is 178 g/mol. The molecule has 2 fully saturated rings. The molecule has 3 nitrogen and oxygen atoms in total. The monoisotopic (exact) mass is 191 g/mol. The van der Waals surface area contributed by atoms with E-state index in [2.05, 4.69) is 0 Å². The van der Waals surface area contributed by atoms with Crippen molar-refractivity contribution in [3.05, 3.63) is 0 Å². The molecule has 4 heteroatoms. The first-order valence-electron chi connectivity index (χ1n) is 4.31. The first-order chi connectivity index (χ1) is 5.38. The molecule has 2 aliphatic rings. The lowest BCUT2D eigenvalue weighted by Gasteiger charge is -2.19. The van der Waals surface area contributed by atoms with Gasteiger partial charge in [-0.15, -0.1) is 12.4 Å². The van der Waals surface area contributed by atoms with Crippen molar-refractivity contribution in [3.63, 3.8) is 0 Å². The van der Waals surface area contributed by atoms with Gasteiger partial charge < -0.3 is 9.64 Å². The minimum atomic E-state index is -0.100. The van der Waals surface area contributed by atoms with E-state index in [0.717, 1.165) is 6.54 Å². The topological polar surface area (TPSA) is 29.5 Å². The molecule has 1 aliphatic carbocycles. The Bertz CT molecular complexity index is 168. The highest BCUT2D eigenvalue weighted by Gasteiger charge is 2.31. The van der Waals surface area contributed by atoms with Gasteiger partial charge in [0, 0.05) is 6.04 Å². The van der Waals surface area contributed by atoms with Gasteiger partial charge in [-0.3, -0.25) is 0 Å². The lowest BCUT2D eigenvalue weighted by atomic mass is 10.2. The van der Waals surface area contributed by atoms with Crippen LogP contribution in [0.5, 0.6) is 0 Å². The molecule has 0 atom stereocenters. The molecule has 0 unspecified atom stereocenters. The number of amides is 1. The van der Waals surface area contributed by atoms with Crippen LogP contribution in [0.15, 0.2) is 0 Å². The number of hydrogen-bond acceptors (Lipinski definition) is 2. The van der Waals surface area contributed by atoms with Crippen LogP contribution in [-0.2, 0) is 4.74 Å². The molecule has 1 heterocycles. The number of rotatable bonds is 1. The summed E-state index contributed by atoms with van der Waals surface area (Å²) in [7, 11) is 0. The fraction of sp³-hybridized carbons (Fsp3) is 0.875. The number of ether oxygens (including phenoxy) is 1. The van der Waals surface area contributed by atoms with Crippen LogP contribution in [0, 0.1) is 0 Å². The van der Waals surface area contributed by atoms with Crippen LogP contribution in [0.4, 0.5) is 4.79 Å². The van der Waals surface area contributed by atoms with Gasteiger partial charge in [0.05, 0.1) is 6.54 Å². The Labute approximate surface area is 78.5 Å². The largest absolute Gasteiger partial charge is 0.448 e. The number of cyclic esters (lactones) is 1. The smallest absolute Gasteiger partial charge is 0.410 e. The van der Waals surface area contributed by atoms with Crippen LogP contribution < -0.4 is 0 Å². The molecule has 1 saturated heterocycles. The lowest BCUT2D eigenvalue weighted by Crippen LogP contribution is -2.33. The van der Waals surface area contributed by atoms with E-state index in [1.807, 2.05) is 4.90 Å². The Morgan fingerprint density at radius 1 is 1.33 bits per heavy atom. The Kier molecular flexibility index (Phi) is 3.20. The van der Waals surface area contributed by atoms with Crippen LogP contribution in [0.3, 0.4) is 0 Å². The predicted molar refractivity (Wildman–Crippen MR) is 47.6 cm³/mol. The van der Waals surface area contributed by atoms with E-state index >= 15 is 0 Å². The zero-order chi connectivity index (χ0) is 7.68. The van der Waals surface area contributed by atoms with Gasteiger partial charge in [0.1, 0.15) is 6.61 Å². The van der Waals surface area contributed by atoms with Crippen molar-refractivity contribution in [3.8, 4) is 0 Å². The highest BCUT2D eigenvalue weighted by atomic mass is 35.5. The molecule has 1 amide bonds. The molecule has 0 radical (unpaired) electrons. The fourth-order valence-corrected chi connectivity index (χ4v) is 1.95. The average molecular weight is 192 g/mol. The summed E-state index contributed by atoms with van der Waals surface area (Å²) in [6.45, 7) is 1.40. The first kappa shape index (κ1) is 9.65. The number of carbonyl (C=O) groups is 1. The third-order valence-electron chi connectivity index (χ3n) is 2.56. The highest BCUT2D eigenvalue weighted by molar-refractivity contribution is 5.85. The van der Waals surface area contributed by atoms with Gasteiger partial charge in [0.25, 0.3) is 0 Å². The summed E-state index contributed by atoms with van der Waals surface area (Å²) in [5, 5.41) is 0. The number of carbonyl (C=O) groups excluding carboxylic acids is 1. The molecule has 70 valence electrons. The summed E-state index contributed by atoms with van der Waals surface area (Å²) in [5.74, 6) is 0. The maximum Gasteiger partial charge on any atom is 0.410 e. The average Bonchev–Trinajstić information content (AvgIpc) is 2.55. The molecule has 0 spiro atoms. The number of hydrogen-bond donors (Lipinski definition) is 0. The van der Waals surface area contributed by atoms with Crippen LogP contribution in [0.1, 0.15) is 25.7 Å². The summed E-state index contributed by atoms with van der Waals surface area (Å²) in [5.41, 5.74) is 0. The number of halogens is 1. The van der Waals surface area contributed by atoms with Gasteiger partial charge in [-0.1, -0.05) is 12.8 Å². The standard InChI is InChI=1S/C8H13NO2.ClH/c10-8-9(5-6-11-8)7-3-1-2-4-7;/h7H,1-6H2;1H. The third kappa shape index (κ3) is 1.66. The van der Waals surface area contributed by atoms with E-state index in [9.17, 15) is 4.79 Å². The summed E-state index contributed by atoms with van der Waals surface area (Å²) in [6, 6.07) is 0.491. The second-order valence-corrected chi connectivity index (χ2v) is 3.25. The SMILES string of the molecule is Cl.O=C1OCCN1C1CCCC1. The Hall–Kier alpha value is -0.440. The first-order valence-corrected chi connectivity index (χ1v) is 4.31. The molecular formula is C8H14ClNO2. The Morgan fingerprint density at radius 2 is 2.00 bits per heavy atom. The van der Waals surface area contributed by atoms with Gasteiger partial charge in [0.15, 0.2) is 0 Å². The van der Waals surface area contributed by atoms with Crippen LogP contribution in [0.2, 0.25) is 0 Å². The maximum atomic E-state index is 11.1. The minimum absolute atomic E-state index is 0. The maximum absolute atomic E-state index is 11.1. The molecule has 0 aromatic rings. The van der Waals surface area contributed by atoms with Crippen molar-refractivity contribution < 1.29 is 9.53 Å². The highest BCUT2D eigenvalue weighted by Crippen LogP contribution is 2.25. The molecule has 2 rings (SSSR count). The third-order valence-corrected chi connectivity index (χ3v) is 2.56. The summed E-state index contributed by atoms with van der Waals surface area (Å²) in [6.07, 6.45) is 4.80. The van der Waals surface area contributed by atoms with Gasteiger partial charge in [-0.2, -0.15) is 0 Å². The zero-order valence-electron chi connectivity index (χ0n) is 6.99. The fourth-order valence-electron chi connectivity index (χ4n) is 1.95. The molecule has 1 saturated carbocycles. The van der Waals surface area contributed by atoms with Crippen LogP contribution in [-0.4, -0.2) is 30.2 Å². The van der Waals surface area contributed by atoms with E-state index in [4.69, 9.17) is 4.74 Å². The van der Waals surface area contributed by atoms with E-state index in [-0.39, 0.29) is 18.5 Å². The van der Waals surface area contributed by atoms with E-state index < -0.39 is 0 Å². The van der Waals surface area contributed by atoms with Gasteiger partial charge in [-0.05, 0) is 12.8 Å². The van der Waals surface area contributed by atoms with Gasteiger partial charge in [0.2, 0.25) is 0 Å². The van der Waals surface area contributed by atoms with Gasteiger partial charge >= 0.3 is 6.09 Å². The predicted octanol–water partition coefficient (Wildman–Crippen LogP) is 1.80. The minimum Gasteiger partial charge on any atom is -0.448 e. The summed E-state index contributed by atoms with van der Waals surface area (Å²) < 4.78 is 4.86. The lowest BCUT2D eigenvalue weighted by molar-refractivity contribution is 0.148. The van der Waals surface area contributed by atoms with Crippen LogP contribution in [0.25, 0.3) is 0 Å².